The lowest BCUT2D eigenvalue weighted by Gasteiger charge is -2.59. The molecule has 8 aliphatic rings. The van der Waals surface area contributed by atoms with Gasteiger partial charge < -0.3 is 25.4 Å². The number of ether oxygens (including phenoxy) is 1. The quantitative estimate of drug-likeness (QED) is 0.462. The maximum Gasteiger partial charge on any atom is 0.252 e. The summed E-state index contributed by atoms with van der Waals surface area (Å²) in [6, 6.07) is 0. The van der Waals surface area contributed by atoms with Gasteiger partial charge in [0.05, 0.1) is 11.7 Å². The molecule has 4 saturated heterocycles. The summed E-state index contributed by atoms with van der Waals surface area (Å²) >= 11 is 0. The summed E-state index contributed by atoms with van der Waals surface area (Å²) in [5.74, 6) is -1.27. The van der Waals surface area contributed by atoms with Gasteiger partial charge in [-0.05, 0) is 44.1 Å². The maximum atomic E-state index is 14.0. The zero-order valence-corrected chi connectivity index (χ0v) is 20.0. The van der Waals surface area contributed by atoms with E-state index in [1.54, 1.807) is 4.90 Å². The van der Waals surface area contributed by atoms with E-state index in [-0.39, 0.29) is 35.7 Å². The highest BCUT2D eigenvalue weighted by Crippen LogP contribution is 2.71. The Balaban J connectivity index is 1.43. The van der Waals surface area contributed by atoms with Crippen LogP contribution in [-0.4, -0.2) is 63.2 Å². The minimum Gasteiger partial charge on any atom is -0.389 e. The zero-order chi connectivity index (χ0) is 24.1. The van der Waals surface area contributed by atoms with Gasteiger partial charge >= 0.3 is 0 Å². The third-order valence-corrected chi connectivity index (χ3v) is 10.3. The number of piperazine rings is 1. The summed E-state index contributed by atoms with van der Waals surface area (Å²) in [5, 5.41) is 18.2. The van der Waals surface area contributed by atoms with Gasteiger partial charge in [-0.3, -0.25) is 14.4 Å². The minimum absolute atomic E-state index is 0.178. The van der Waals surface area contributed by atoms with Crippen LogP contribution in [0.1, 0.15) is 47.0 Å². The largest absolute Gasteiger partial charge is 0.389 e. The summed E-state index contributed by atoms with van der Waals surface area (Å²) in [6.07, 6.45) is 8.20. The van der Waals surface area contributed by atoms with Crippen molar-refractivity contribution < 1.29 is 24.2 Å². The Labute approximate surface area is 198 Å². The monoisotopic (exact) mass is 465 g/mol. The number of hydrogen-bond acceptors (Lipinski definition) is 5. The average Bonchev–Trinajstić information content (AvgIpc) is 3.37. The Morgan fingerprint density at radius 1 is 1.12 bits per heavy atom. The van der Waals surface area contributed by atoms with Crippen molar-refractivity contribution in [2.75, 3.05) is 6.54 Å². The van der Waals surface area contributed by atoms with E-state index in [9.17, 15) is 19.5 Å². The predicted octanol–water partition coefficient (Wildman–Crippen LogP) is 0.927. The summed E-state index contributed by atoms with van der Waals surface area (Å²) in [4.78, 5) is 43.0. The fourth-order valence-corrected chi connectivity index (χ4v) is 8.74. The molecule has 2 aliphatic carbocycles. The molecule has 3 unspecified atom stereocenters. The van der Waals surface area contributed by atoms with Crippen LogP contribution in [-0.2, 0) is 19.1 Å². The van der Waals surface area contributed by atoms with Gasteiger partial charge in [0.2, 0.25) is 11.8 Å². The molecule has 0 aromatic rings. The smallest absolute Gasteiger partial charge is 0.252 e. The van der Waals surface area contributed by atoms with Crippen molar-refractivity contribution >= 4 is 17.7 Å². The van der Waals surface area contributed by atoms with Gasteiger partial charge in [0.15, 0.2) is 0 Å². The van der Waals surface area contributed by atoms with Crippen molar-refractivity contribution in [3.8, 4) is 0 Å². The van der Waals surface area contributed by atoms with E-state index in [1.165, 1.54) is 0 Å². The third kappa shape index (κ3) is 1.87. The first-order chi connectivity index (χ1) is 15.9. The number of rotatable bonds is 0. The van der Waals surface area contributed by atoms with E-state index in [0.29, 0.717) is 19.4 Å². The Morgan fingerprint density at radius 2 is 1.88 bits per heavy atom. The summed E-state index contributed by atoms with van der Waals surface area (Å²) in [7, 11) is 0. The predicted molar refractivity (Wildman–Crippen MR) is 121 cm³/mol. The number of nitrogens with one attached hydrogen (secondary N) is 2. The van der Waals surface area contributed by atoms with Crippen LogP contribution < -0.4 is 10.6 Å². The van der Waals surface area contributed by atoms with Crippen molar-refractivity contribution in [3.63, 3.8) is 0 Å². The van der Waals surface area contributed by atoms with Crippen LogP contribution in [0.25, 0.3) is 0 Å². The Morgan fingerprint density at radius 3 is 2.65 bits per heavy atom. The molecule has 5 fully saturated rings. The van der Waals surface area contributed by atoms with E-state index >= 15 is 0 Å². The van der Waals surface area contributed by atoms with Crippen LogP contribution >= 0.6 is 0 Å². The molecule has 0 aromatic heterocycles. The number of piperidine rings is 2. The SMILES string of the molecule is CC1(C)C=CC2C3=C(C=CC2O1)[C@@]1(C(=O)N3)[C@H](O)C23NC(=O)[C@]4(CCCN4C2=O)C[C@H]3C1(C)C. The van der Waals surface area contributed by atoms with E-state index in [1.807, 2.05) is 45.9 Å². The minimum atomic E-state index is -1.50. The van der Waals surface area contributed by atoms with Crippen LogP contribution in [0.2, 0.25) is 0 Å². The molecule has 34 heavy (non-hydrogen) atoms. The van der Waals surface area contributed by atoms with Gasteiger partial charge in [0.1, 0.15) is 22.6 Å². The summed E-state index contributed by atoms with van der Waals surface area (Å²) in [6.45, 7) is 8.48. The second-order valence-corrected chi connectivity index (χ2v) is 12.3. The van der Waals surface area contributed by atoms with Crippen LogP contribution in [0.15, 0.2) is 35.6 Å². The van der Waals surface area contributed by atoms with E-state index in [0.717, 1.165) is 17.7 Å². The molecule has 8 nitrogen and oxygen atoms in total. The van der Waals surface area contributed by atoms with Gasteiger partial charge in [-0.1, -0.05) is 38.2 Å². The van der Waals surface area contributed by atoms with E-state index in [2.05, 4.69) is 16.7 Å². The Bertz CT molecular complexity index is 1180. The van der Waals surface area contributed by atoms with Crippen molar-refractivity contribution in [2.24, 2.45) is 22.7 Å². The molecule has 0 aromatic carbocycles. The number of aliphatic hydroxyl groups is 1. The molecule has 0 radical (unpaired) electrons. The normalized spacial score (nSPS) is 48.6. The molecule has 7 atom stereocenters. The molecule has 180 valence electrons. The van der Waals surface area contributed by atoms with Crippen molar-refractivity contribution in [2.45, 2.75) is 75.8 Å². The molecule has 6 heterocycles. The van der Waals surface area contributed by atoms with Gasteiger partial charge in [-0.2, -0.15) is 0 Å². The first-order valence-corrected chi connectivity index (χ1v) is 12.4. The first-order valence-electron chi connectivity index (χ1n) is 12.4. The standard InChI is InChI=1S/C26H31N3O5/c1-22(2)10-8-13-15(34-22)7-6-14-17(13)27-20(32)25(14)18(30)26-16(23(25,3)4)12-24(19(31)28-26)9-5-11-29(24)21(26)33/h6-8,10,13,15-16,18,30H,5,9,11-12H2,1-4H3,(H,27,32)(H,28,31)/t13?,15?,16-,18-,24-,25-,26?/m0/s1. The molecule has 8 heteroatoms. The van der Waals surface area contributed by atoms with Crippen LogP contribution in [0.4, 0.5) is 0 Å². The van der Waals surface area contributed by atoms with Gasteiger partial charge in [0.25, 0.3) is 5.91 Å². The van der Waals surface area contributed by atoms with Crippen molar-refractivity contribution in [1.29, 1.82) is 0 Å². The molecule has 6 aliphatic heterocycles. The summed E-state index contributed by atoms with van der Waals surface area (Å²) in [5.41, 5.74) is -3.47. The van der Waals surface area contributed by atoms with E-state index in [4.69, 9.17) is 4.74 Å². The number of carbonyl (C=O) groups is 3. The molecule has 2 bridgehead atoms. The van der Waals surface area contributed by atoms with Crippen LogP contribution in [0.5, 0.6) is 0 Å². The number of nitrogens with zero attached hydrogens (tertiary/aromatic N) is 1. The second-order valence-electron chi connectivity index (χ2n) is 12.3. The number of allylic oxidation sites excluding steroid dienone is 1. The molecule has 1 saturated carbocycles. The maximum absolute atomic E-state index is 14.0. The van der Waals surface area contributed by atoms with Crippen molar-refractivity contribution in [1.82, 2.24) is 15.5 Å². The Hall–Kier alpha value is -2.45. The number of aliphatic hydroxyl groups excluding tert-OH is 1. The fourth-order valence-electron chi connectivity index (χ4n) is 8.74. The first kappa shape index (κ1) is 20.9. The number of amides is 3. The highest BCUT2D eigenvalue weighted by atomic mass is 16.5. The number of carbonyl (C=O) groups excluding carboxylic acids is 3. The lowest BCUT2D eigenvalue weighted by molar-refractivity contribution is -0.181. The average molecular weight is 466 g/mol. The lowest BCUT2D eigenvalue weighted by Crippen LogP contribution is -2.83. The lowest BCUT2D eigenvalue weighted by atomic mass is 9.57. The van der Waals surface area contributed by atoms with Crippen molar-refractivity contribution in [3.05, 3.63) is 35.6 Å². The highest BCUT2D eigenvalue weighted by Gasteiger charge is 2.85. The molecular weight excluding hydrogens is 434 g/mol. The third-order valence-electron chi connectivity index (χ3n) is 10.3. The number of fused-ring (bicyclic) bond motifs is 4. The highest BCUT2D eigenvalue weighted by molar-refractivity contribution is 6.08. The fraction of sp³-hybridized carbons (Fsp3) is 0.654. The topological polar surface area (TPSA) is 108 Å². The van der Waals surface area contributed by atoms with Gasteiger partial charge in [0, 0.05) is 24.1 Å². The number of hydrogen-bond donors (Lipinski definition) is 3. The zero-order valence-electron chi connectivity index (χ0n) is 20.0. The van der Waals surface area contributed by atoms with Crippen LogP contribution in [0, 0.1) is 22.7 Å². The van der Waals surface area contributed by atoms with Gasteiger partial charge in [-0.15, -0.1) is 0 Å². The van der Waals surface area contributed by atoms with Crippen LogP contribution in [0.3, 0.4) is 0 Å². The molecular formula is C26H31N3O5. The molecule has 3 N–H and O–H groups in total. The van der Waals surface area contributed by atoms with E-state index < -0.39 is 33.6 Å². The molecule has 3 amide bonds. The van der Waals surface area contributed by atoms with Gasteiger partial charge in [-0.25, -0.2) is 0 Å². The molecule has 8 rings (SSSR count). The second kappa shape index (κ2) is 5.68. The summed E-state index contributed by atoms with van der Waals surface area (Å²) < 4.78 is 6.23. The Kier molecular flexibility index (Phi) is 3.49. The molecule has 3 spiro atoms.